The number of hydrogen-bond acceptors (Lipinski definition) is 3. The Labute approximate surface area is 109 Å². The number of nitrogen functional groups attached to an aromatic ring is 1. The van der Waals surface area contributed by atoms with Gasteiger partial charge in [-0.3, -0.25) is 4.79 Å². The topological polar surface area (TPSA) is 58.4 Å². The second kappa shape index (κ2) is 5.40. The number of rotatable bonds is 4. The second-order valence-corrected chi connectivity index (χ2v) is 5.46. The van der Waals surface area contributed by atoms with Crippen molar-refractivity contribution in [3.63, 3.8) is 0 Å². The largest absolute Gasteiger partial charge is 0.399 e. The Bertz CT molecular complexity index is 439. The van der Waals surface area contributed by atoms with Gasteiger partial charge in [0, 0.05) is 23.3 Å². The quantitative estimate of drug-likeness (QED) is 0.798. The fourth-order valence-corrected chi connectivity index (χ4v) is 1.43. The Kier molecular flexibility index (Phi) is 4.35. The van der Waals surface area contributed by atoms with E-state index in [9.17, 15) is 4.79 Å². The highest BCUT2D eigenvalue weighted by Crippen LogP contribution is 2.13. The fourth-order valence-electron chi connectivity index (χ4n) is 1.43. The molecule has 1 aromatic rings. The molecular formula is C14H23N3O. The summed E-state index contributed by atoms with van der Waals surface area (Å²) in [6.07, 6.45) is 0. The van der Waals surface area contributed by atoms with Gasteiger partial charge in [-0.25, -0.2) is 0 Å². The van der Waals surface area contributed by atoms with Crippen LogP contribution in [0.2, 0.25) is 0 Å². The van der Waals surface area contributed by atoms with E-state index in [1.165, 1.54) is 0 Å². The van der Waals surface area contributed by atoms with Gasteiger partial charge in [-0.15, -0.1) is 0 Å². The van der Waals surface area contributed by atoms with Crippen LogP contribution in [0.3, 0.4) is 0 Å². The van der Waals surface area contributed by atoms with Crippen molar-refractivity contribution in [2.75, 3.05) is 26.4 Å². The van der Waals surface area contributed by atoms with Crippen molar-refractivity contribution in [2.45, 2.75) is 26.3 Å². The predicted octanol–water partition coefficient (Wildman–Crippen LogP) is 1.65. The zero-order valence-electron chi connectivity index (χ0n) is 11.9. The van der Waals surface area contributed by atoms with Gasteiger partial charge in [-0.2, -0.15) is 0 Å². The lowest BCUT2D eigenvalue weighted by Gasteiger charge is -2.32. The van der Waals surface area contributed by atoms with E-state index in [-0.39, 0.29) is 11.4 Å². The van der Waals surface area contributed by atoms with Crippen LogP contribution in [0.15, 0.2) is 18.2 Å². The number of aryl methyl sites for hydroxylation is 1. The highest BCUT2D eigenvalue weighted by molar-refractivity contribution is 5.96. The zero-order chi connectivity index (χ0) is 13.9. The molecule has 100 valence electrons. The number of hydrogen-bond donors (Lipinski definition) is 2. The molecule has 0 saturated heterocycles. The van der Waals surface area contributed by atoms with E-state index in [1.54, 1.807) is 12.1 Å². The fraction of sp³-hybridized carbons (Fsp3) is 0.500. The molecule has 0 atom stereocenters. The van der Waals surface area contributed by atoms with Crippen molar-refractivity contribution in [2.24, 2.45) is 0 Å². The van der Waals surface area contributed by atoms with Crippen LogP contribution in [0, 0.1) is 6.92 Å². The standard InChI is InChI=1S/C14H23N3O/c1-10-6-7-11(15)8-12(10)13(18)16-9-14(2,3)17(4)5/h6-8H,9,15H2,1-5H3,(H,16,18). The SMILES string of the molecule is Cc1ccc(N)cc1C(=O)NCC(C)(C)N(C)C. The van der Waals surface area contributed by atoms with Crippen molar-refractivity contribution in [3.05, 3.63) is 29.3 Å². The van der Waals surface area contributed by atoms with E-state index < -0.39 is 0 Å². The van der Waals surface area contributed by atoms with Gasteiger partial charge in [0.1, 0.15) is 0 Å². The summed E-state index contributed by atoms with van der Waals surface area (Å²) in [5.74, 6) is -0.0743. The summed E-state index contributed by atoms with van der Waals surface area (Å²) in [6, 6.07) is 5.38. The number of anilines is 1. The van der Waals surface area contributed by atoms with Crippen LogP contribution in [-0.4, -0.2) is 37.0 Å². The molecule has 0 fully saturated rings. The number of nitrogens with one attached hydrogen (secondary N) is 1. The average Bonchev–Trinajstić information content (AvgIpc) is 2.29. The maximum Gasteiger partial charge on any atom is 0.251 e. The molecule has 0 saturated carbocycles. The normalized spacial score (nSPS) is 11.7. The van der Waals surface area contributed by atoms with Crippen molar-refractivity contribution < 1.29 is 4.79 Å². The van der Waals surface area contributed by atoms with Gasteiger partial charge in [-0.05, 0) is 52.6 Å². The maximum absolute atomic E-state index is 12.1. The average molecular weight is 249 g/mol. The van der Waals surface area contributed by atoms with E-state index in [1.807, 2.05) is 27.1 Å². The molecule has 4 heteroatoms. The smallest absolute Gasteiger partial charge is 0.251 e. The summed E-state index contributed by atoms with van der Waals surface area (Å²) in [5.41, 5.74) is 7.81. The third kappa shape index (κ3) is 3.47. The van der Waals surface area contributed by atoms with Gasteiger partial charge < -0.3 is 16.0 Å². The lowest BCUT2D eigenvalue weighted by atomic mass is 10.0. The minimum atomic E-state index is -0.0795. The monoisotopic (exact) mass is 249 g/mol. The van der Waals surface area contributed by atoms with E-state index in [0.29, 0.717) is 17.8 Å². The number of nitrogens with two attached hydrogens (primary N) is 1. The highest BCUT2D eigenvalue weighted by Gasteiger charge is 2.21. The molecule has 1 amide bonds. The zero-order valence-corrected chi connectivity index (χ0v) is 11.9. The van der Waals surface area contributed by atoms with Crippen LogP contribution in [0.25, 0.3) is 0 Å². The highest BCUT2D eigenvalue weighted by atomic mass is 16.1. The number of likely N-dealkylation sites (N-methyl/N-ethyl adjacent to an activating group) is 1. The minimum Gasteiger partial charge on any atom is -0.399 e. The van der Waals surface area contributed by atoms with Gasteiger partial charge >= 0.3 is 0 Å². The third-order valence-corrected chi connectivity index (χ3v) is 3.40. The molecule has 1 rings (SSSR count). The van der Waals surface area contributed by atoms with Crippen LogP contribution in [0.5, 0.6) is 0 Å². The molecule has 0 unspecified atom stereocenters. The van der Waals surface area contributed by atoms with Gasteiger partial charge in [-0.1, -0.05) is 6.07 Å². The Hall–Kier alpha value is -1.55. The van der Waals surface area contributed by atoms with Crippen molar-refractivity contribution in [1.29, 1.82) is 0 Å². The molecule has 0 aliphatic heterocycles. The Morgan fingerprint density at radius 1 is 1.39 bits per heavy atom. The van der Waals surface area contributed by atoms with Crippen LogP contribution in [0.1, 0.15) is 29.8 Å². The van der Waals surface area contributed by atoms with Crippen LogP contribution >= 0.6 is 0 Å². The first kappa shape index (κ1) is 14.5. The van der Waals surface area contributed by atoms with Gasteiger partial charge in [0.15, 0.2) is 0 Å². The number of nitrogens with zero attached hydrogens (tertiary/aromatic N) is 1. The second-order valence-electron chi connectivity index (χ2n) is 5.46. The summed E-state index contributed by atoms with van der Waals surface area (Å²) < 4.78 is 0. The summed E-state index contributed by atoms with van der Waals surface area (Å²) >= 11 is 0. The molecule has 0 radical (unpaired) electrons. The summed E-state index contributed by atoms with van der Waals surface area (Å²) in [4.78, 5) is 14.2. The maximum atomic E-state index is 12.1. The van der Waals surface area contributed by atoms with E-state index in [4.69, 9.17) is 5.73 Å². The van der Waals surface area contributed by atoms with Gasteiger partial charge in [0.2, 0.25) is 0 Å². The van der Waals surface area contributed by atoms with Crippen molar-refractivity contribution >= 4 is 11.6 Å². The number of benzene rings is 1. The Morgan fingerprint density at radius 3 is 2.56 bits per heavy atom. The first-order valence-electron chi connectivity index (χ1n) is 6.06. The molecule has 0 aliphatic carbocycles. The lowest BCUT2D eigenvalue weighted by Crippen LogP contribution is -2.48. The summed E-state index contributed by atoms with van der Waals surface area (Å²) in [5, 5.41) is 2.95. The van der Waals surface area contributed by atoms with E-state index >= 15 is 0 Å². The predicted molar refractivity (Wildman–Crippen MR) is 75.7 cm³/mol. The Balaban J connectivity index is 2.75. The molecule has 18 heavy (non-hydrogen) atoms. The van der Waals surface area contributed by atoms with Crippen LogP contribution in [-0.2, 0) is 0 Å². The number of carbonyl (C=O) groups excluding carboxylic acids is 1. The molecule has 0 bridgehead atoms. The molecule has 0 aromatic heterocycles. The molecule has 3 N–H and O–H groups in total. The molecule has 4 nitrogen and oxygen atoms in total. The molecule has 0 aliphatic rings. The molecule has 1 aromatic carbocycles. The van der Waals surface area contributed by atoms with Gasteiger partial charge in [0.05, 0.1) is 0 Å². The molecule has 0 heterocycles. The Morgan fingerprint density at radius 2 is 2.00 bits per heavy atom. The van der Waals surface area contributed by atoms with E-state index in [0.717, 1.165) is 5.56 Å². The first-order chi connectivity index (χ1) is 8.24. The van der Waals surface area contributed by atoms with Gasteiger partial charge in [0.25, 0.3) is 5.91 Å². The van der Waals surface area contributed by atoms with Crippen molar-refractivity contribution in [3.8, 4) is 0 Å². The summed E-state index contributed by atoms with van der Waals surface area (Å²) in [6.45, 7) is 6.66. The molecule has 0 spiro atoms. The number of amides is 1. The van der Waals surface area contributed by atoms with Crippen molar-refractivity contribution in [1.82, 2.24) is 10.2 Å². The third-order valence-electron chi connectivity index (χ3n) is 3.40. The van der Waals surface area contributed by atoms with Crippen LogP contribution < -0.4 is 11.1 Å². The molecular weight excluding hydrogens is 226 g/mol. The number of carbonyl (C=O) groups is 1. The minimum absolute atomic E-state index is 0.0743. The van der Waals surface area contributed by atoms with E-state index in [2.05, 4.69) is 24.1 Å². The lowest BCUT2D eigenvalue weighted by molar-refractivity contribution is 0.0919. The first-order valence-corrected chi connectivity index (χ1v) is 6.06. The summed E-state index contributed by atoms with van der Waals surface area (Å²) in [7, 11) is 4.00. The van der Waals surface area contributed by atoms with Crippen LogP contribution in [0.4, 0.5) is 5.69 Å².